The van der Waals surface area contributed by atoms with Gasteiger partial charge in [-0.1, -0.05) is 58.6 Å². The van der Waals surface area contributed by atoms with E-state index in [1.165, 1.54) is 57.8 Å². The fourth-order valence-electron chi connectivity index (χ4n) is 3.91. The van der Waals surface area contributed by atoms with Gasteiger partial charge in [-0.05, 0) is 49.4 Å². The number of hydrogen-bond acceptors (Lipinski definition) is 2. The van der Waals surface area contributed by atoms with Gasteiger partial charge in [-0.25, -0.2) is 4.98 Å². The second-order valence-corrected chi connectivity index (χ2v) is 8.08. The van der Waals surface area contributed by atoms with Crippen molar-refractivity contribution in [1.29, 1.82) is 0 Å². The molecule has 0 aromatic carbocycles. The largest absolute Gasteiger partial charge is 0.253 e. The maximum absolute atomic E-state index is 4.31. The molecule has 130 valence electrons. The maximum Gasteiger partial charge on any atom is 0.137 e. The van der Waals surface area contributed by atoms with Crippen molar-refractivity contribution in [2.45, 2.75) is 85.1 Å². The molecule has 1 aliphatic rings. The molecule has 0 saturated heterocycles. The molecule has 0 N–H and O–H groups in total. The lowest BCUT2D eigenvalue weighted by Crippen LogP contribution is -2.31. The summed E-state index contributed by atoms with van der Waals surface area (Å²) in [5.41, 5.74) is 0.468. The first kappa shape index (κ1) is 18.2. The average molecular weight is 318 g/mol. The standard InChI is InChI=1S/C20H35N3/c1-4-5-6-7-8-9-10-11-18-12-13-20(2,3)14-19(18)15-23-17-21-16-22-23/h10-11,16-19H,4-9,12-15H2,1-3H3/b11-10-/t18-,19+/m1/s1. The number of unbranched alkanes of at least 4 members (excludes halogenated alkanes) is 5. The van der Waals surface area contributed by atoms with E-state index >= 15 is 0 Å². The lowest BCUT2D eigenvalue weighted by molar-refractivity contribution is 0.125. The first-order chi connectivity index (χ1) is 11.1. The first-order valence-electron chi connectivity index (χ1n) is 9.60. The summed E-state index contributed by atoms with van der Waals surface area (Å²) in [7, 11) is 0. The lowest BCUT2D eigenvalue weighted by atomic mass is 9.67. The van der Waals surface area contributed by atoms with Crippen LogP contribution in [0.4, 0.5) is 0 Å². The minimum atomic E-state index is 0.468. The maximum atomic E-state index is 4.31. The van der Waals surface area contributed by atoms with Gasteiger partial charge in [-0.15, -0.1) is 0 Å². The number of aromatic nitrogens is 3. The molecule has 0 unspecified atom stereocenters. The highest BCUT2D eigenvalue weighted by molar-refractivity contribution is 4.96. The molecule has 1 aliphatic carbocycles. The number of hydrogen-bond donors (Lipinski definition) is 0. The Kier molecular flexibility index (Phi) is 7.32. The molecule has 1 heterocycles. The fraction of sp³-hybridized carbons (Fsp3) is 0.800. The summed E-state index contributed by atoms with van der Waals surface area (Å²) in [5.74, 6) is 1.40. The van der Waals surface area contributed by atoms with E-state index in [-0.39, 0.29) is 0 Å². The third-order valence-electron chi connectivity index (χ3n) is 5.32. The topological polar surface area (TPSA) is 30.7 Å². The van der Waals surface area contributed by atoms with Crippen molar-refractivity contribution in [2.75, 3.05) is 0 Å². The zero-order valence-corrected chi connectivity index (χ0v) is 15.4. The van der Waals surface area contributed by atoms with Crippen molar-refractivity contribution in [3.8, 4) is 0 Å². The average Bonchev–Trinajstić information content (AvgIpc) is 3.01. The number of rotatable bonds is 9. The summed E-state index contributed by atoms with van der Waals surface area (Å²) in [5, 5.41) is 4.31. The van der Waals surface area contributed by atoms with Crippen LogP contribution in [0, 0.1) is 17.3 Å². The van der Waals surface area contributed by atoms with Crippen molar-refractivity contribution in [3.05, 3.63) is 24.8 Å². The number of nitrogens with zero attached hydrogens (tertiary/aromatic N) is 3. The number of allylic oxidation sites excluding steroid dienone is 2. The smallest absolute Gasteiger partial charge is 0.137 e. The predicted octanol–water partition coefficient (Wildman–Crippen LogP) is 5.64. The van der Waals surface area contributed by atoms with Crippen LogP contribution in [0.25, 0.3) is 0 Å². The Morgan fingerprint density at radius 3 is 2.78 bits per heavy atom. The van der Waals surface area contributed by atoms with Crippen LogP contribution in [0.5, 0.6) is 0 Å². The van der Waals surface area contributed by atoms with Gasteiger partial charge in [0, 0.05) is 6.54 Å². The molecular weight excluding hydrogens is 282 g/mol. The summed E-state index contributed by atoms with van der Waals surface area (Å²) in [4.78, 5) is 4.09. The summed E-state index contributed by atoms with van der Waals surface area (Å²) in [6.45, 7) is 8.11. The monoisotopic (exact) mass is 317 g/mol. The van der Waals surface area contributed by atoms with E-state index in [2.05, 4.69) is 43.0 Å². The van der Waals surface area contributed by atoms with Crippen molar-refractivity contribution in [2.24, 2.45) is 17.3 Å². The Morgan fingerprint density at radius 1 is 1.22 bits per heavy atom. The highest BCUT2D eigenvalue weighted by Gasteiger charge is 2.33. The van der Waals surface area contributed by atoms with E-state index in [4.69, 9.17) is 0 Å². The van der Waals surface area contributed by atoms with Crippen LogP contribution in [0.15, 0.2) is 24.8 Å². The van der Waals surface area contributed by atoms with Crippen molar-refractivity contribution in [1.82, 2.24) is 14.8 Å². The van der Waals surface area contributed by atoms with Crippen LogP contribution in [-0.2, 0) is 6.54 Å². The van der Waals surface area contributed by atoms with Crippen LogP contribution in [0.3, 0.4) is 0 Å². The molecule has 23 heavy (non-hydrogen) atoms. The molecule has 2 rings (SSSR count). The van der Waals surface area contributed by atoms with Crippen LogP contribution in [0.2, 0.25) is 0 Å². The quantitative estimate of drug-likeness (QED) is 0.436. The van der Waals surface area contributed by atoms with Crippen molar-refractivity contribution in [3.63, 3.8) is 0 Å². The van der Waals surface area contributed by atoms with Crippen LogP contribution < -0.4 is 0 Å². The molecule has 3 heteroatoms. The van der Waals surface area contributed by atoms with Crippen LogP contribution in [-0.4, -0.2) is 14.8 Å². The molecule has 1 saturated carbocycles. The van der Waals surface area contributed by atoms with E-state index in [1.54, 1.807) is 6.33 Å². The minimum Gasteiger partial charge on any atom is -0.253 e. The first-order valence-corrected chi connectivity index (χ1v) is 9.60. The molecule has 1 aromatic heterocycles. The van der Waals surface area contributed by atoms with Crippen LogP contribution in [0.1, 0.15) is 78.6 Å². The molecule has 3 nitrogen and oxygen atoms in total. The third-order valence-corrected chi connectivity index (χ3v) is 5.32. The lowest BCUT2D eigenvalue weighted by Gasteiger charge is -2.39. The molecule has 1 aromatic rings. The second-order valence-electron chi connectivity index (χ2n) is 8.08. The van der Waals surface area contributed by atoms with E-state index < -0.39 is 0 Å². The van der Waals surface area contributed by atoms with Crippen molar-refractivity contribution >= 4 is 0 Å². The predicted molar refractivity (Wildman–Crippen MR) is 97.2 cm³/mol. The molecule has 0 aliphatic heterocycles. The van der Waals surface area contributed by atoms with E-state index in [9.17, 15) is 0 Å². The van der Waals surface area contributed by atoms with Gasteiger partial charge in [0.1, 0.15) is 12.7 Å². The highest BCUT2D eigenvalue weighted by Crippen LogP contribution is 2.43. The van der Waals surface area contributed by atoms with Gasteiger partial charge >= 0.3 is 0 Å². The van der Waals surface area contributed by atoms with Gasteiger partial charge in [0.15, 0.2) is 0 Å². The highest BCUT2D eigenvalue weighted by atomic mass is 15.3. The fourth-order valence-corrected chi connectivity index (χ4v) is 3.91. The normalized spacial score (nSPS) is 24.3. The molecule has 1 fully saturated rings. The van der Waals surface area contributed by atoms with E-state index in [0.717, 1.165) is 6.54 Å². The van der Waals surface area contributed by atoms with Gasteiger partial charge in [0.05, 0.1) is 0 Å². The zero-order chi connectivity index (χ0) is 16.5. The molecule has 0 radical (unpaired) electrons. The summed E-state index contributed by atoms with van der Waals surface area (Å²) < 4.78 is 2.01. The van der Waals surface area contributed by atoms with Crippen LogP contribution >= 0.6 is 0 Å². The SMILES string of the molecule is CCCCCCC/C=C\[C@@H]1CCC(C)(C)C[C@H]1Cn1cncn1. The molecule has 0 bridgehead atoms. The summed E-state index contributed by atoms with van der Waals surface area (Å²) in [6.07, 6.45) is 20.5. The molecule has 0 amide bonds. The molecule has 0 spiro atoms. The Balaban J connectivity index is 1.82. The molecule has 2 atom stereocenters. The van der Waals surface area contributed by atoms with Gasteiger partial charge in [-0.2, -0.15) is 5.10 Å². The Morgan fingerprint density at radius 2 is 2.04 bits per heavy atom. The van der Waals surface area contributed by atoms with Gasteiger partial charge < -0.3 is 0 Å². The zero-order valence-electron chi connectivity index (χ0n) is 15.4. The Bertz CT molecular complexity index is 447. The van der Waals surface area contributed by atoms with E-state index in [1.807, 2.05) is 11.0 Å². The Labute approximate surface area is 142 Å². The van der Waals surface area contributed by atoms with Gasteiger partial charge in [0.25, 0.3) is 0 Å². The second kappa shape index (κ2) is 9.24. The minimum absolute atomic E-state index is 0.468. The summed E-state index contributed by atoms with van der Waals surface area (Å²) in [6, 6.07) is 0. The van der Waals surface area contributed by atoms with Gasteiger partial charge in [0.2, 0.25) is 0 Å². The Hall–Kier alpha value is -1.12. The third kappa shape index (κ3) is 6.48. The van der Waals surface area contributed by atoms with E-state index in [0.29, 0.717) is 17.3 Å². The van der Waals surface area contributed by atoms with Crippen molar-refractivity contribution < 1.29 is 0 Å². The van der Waals surface area contributed by atoms with Gasteiger partial charge in [-0.3, -0.25) is 4.68 Å². The summed E-state index contributed by atoms with van der Waals surface area (Å²) >= 11 is 0. The molecular formula is C20H35N3.